The van der Waals surface area contributed by atoms with Crippen LogP contribution in [-0.4, -0.2) is 34.7 Å². The second-order valence-corrected chi connectivity index (χ2v) is 13.8. The molecular formula is C40H46ClF3N4O2. The summed E-state index contributed by atoms with van der Waals surface area (Å²) in [7, 11) is 0. The van der Waals surface area contributed by atoms with E-state index in [1.807, 2.05) is 54.7 Å². The summed E-state index contributed by atoms with van der Waals surface area (Å²) in [5.41, 5.74) is 1.45. The molecule has 1 heterocycles. The minimum Gasteiger partial charge on any atom is -0.355 e. The topological polar surface area (TPSA) is 76.0 Å². The van der Waals surface area contributed by atoms with Gasteiger partial charge in [0.2, 0.25) is 11.8 Å². The van der Waals surface area contributed by atoms with Crippen molar-refractivity contribution in [3.63, 3.8) is 0 Å². The molecule has 0 bridgehead atoms. The van der Waals surface area contributed by atoms with Crippen molar-refractivity contribution in [2.24, 2.45) is 0 Å². The number of benzene rings is 3. The van der Waals surface area contributed by atoms with Crippen molar-refractivity contribution >= 4 is 23.4 Å². The Morgan fingerprint density at radius 1 is 0.700 bits per heavy atom. The van der Waals surface area contributed by atoms with E-state index in [1.165, 1.54) is 24.1 Å². The van der Waals surface area contributed by atoms with Gasteiger partial charge in [0.25, 0.3) is 0 Å². The molecule has 50 heavy (non-hydrogen) atoms. The smallest absolute Gasteiger partial charge is 0.355 e. The quantitative estimate of drug-likeness (QED) is 0.173. The Bertz CT molecular complexity index is 1630. The highest BCUT2D eigenvalue weighted by molar-refractivity contribution is 6.30. The molecule has 6 rings (SSSR count). The summed E-state index contributed by atoms with van der Waals surface area (Å²) >= 11 is 5.91. The third kappa shape index (κ3) is 9.36. The van der Waals surface area contributed by atoms with E-state index >= 15 is 0 Å². The third-order valence-electron chi connectivity index (χ3n) is 10.1. The van der Waals surface area contributed by atoms with Crippen molar-refractivity contribution in [1.82, 2.24) is 20.4 Å². The first-order valence-electron chi connectivity index (χ1n) is 17.7. The molecule has 3 aromatic carbocycles. The first-order chi connectivity index (χ1) is 24.1. The summed E-state index contributed by atoms with van der Waals surface area (Å²) < 4.78 is 39.5. The zero-order valence-electron chi connectivity index (χ0n) is 28.4. The molecule has 2 N–H and O–H groups in total. The standard InChI is InChI=1S/C21H24ClNO.C19H22F3N3O/c22-19-11-9-17(10-12-19)13-16-23-20(24)21(14-5-2-6-15-21)18-7-3-1-4-8-18;20-19(21,22)16-7-5-15(6-8-16)9-13-23-17(26)18(10-2-1-3-11-18)25-14-4-12-24-25/h1,3-4,7-12H,2,5-6,13-16H2,(H,23,24);4-8,12,14H,1-3,9-11,13H2,(H,23,26). The Morgan fingerprint density at radius 3 is 1.78 bits per heavy atom. The van der Waals surface area contributed by atoms with Crippen LogP contribution in [0.25, 0.3) is 0 Å². The highest BCUT2D eigenvalue weighted by Gasteiger charge is 2.42. The zero-order valence-corrected chi connectivity index (χ0v) is 29.1. The molecule has 0 atom stereocenters. The van der Waals surface area contributed by atoms with Crippen LogP contribution >= 0.6 is 11.6 Å². The van der Waals surface area contributed by atoms with Crippen LogP contribution in [0.1, 0.15) is 86.5 Å². The first-order valence-corrected chi connectivity index (χ1v) is 18.0. The lowest BCUT2D eigenvalue weighted by molar-refractivity contribution is -0.137. The molecule has 6 nitrogen and oxygen atoms in total. The molecule has 2 saturated carbocycles. The van der Waals surface area contributed by atoms with Crippen molar-refractivity contribution in [1.29, 1.82) is 0 Å². The number of alkyl halides is 3. The summed E-state index contributed by atoms with van der Waals surface area (Å²) in [5, 5.41) is 11.2. The minimum atomic E-state index is -4.33. The minimum absolute atomic E-state index is 0.0622. The number of rotatable bonds is 10. The van der Waals surface area contributed by atoms with Gasteiger partial charge in [-0.3, -0.25) is 14.3 Å². The van der Waals surface area contributed by atoms with Crippen LogP contribution in [0, 0.1) is 0 Å². The van der Waals surface area contributed by atoms with E-state index in [4.69, 9.17) is 11.6 Å². The van der Waals surface area contributed by atoms with Gasteiger partial charge in [-0.15, -0.1) is 0 Å². The average Bonchev–Trinajstić information content (AvgIpc) is 3.70. The zero-order chi connectivity index (χ0) is 35.5. The van der Waals surface area contributed by atoms with E-state index in [0.29, 0.717) is 19.5 Å². The number of halogens is 4. The highest BCUT2D eigenvalue weighted by Crippen LogP contribution is 2.40. The fourth-order valence-corrected chi connectivity index (χ4v) is 7.39. The van der Waals surface area contributed by atoms with Gasteiger partial charge in [-0.1, -0.05) is 105 Å². The van der Waals surface area contributed by atoms with Gasteiger partial charge in [0.15, 0.2) is 0 Å². The van der Waals surface area contributed by atoms with Gasteiger partial charge in [-0.05, 0) is 85.5 Å². The van der Waals surface area contributed by atoms with Gasteiger partial charge in [0.1, 0.15) is 5.54 Å². The number of amides is 2. The second-order valence-electron chi connectivity index (χ2n) is 13.4. The molecule has 2 amide bonds. The summed E-state index contributed by atoms with van der Waals surface area (Å²) in [6.07, 6.45) is 10.4. The summed E-state index contributed by atoms with van der Waals surface area (Å²) in [6, 6.07) is 25.0. The number of carbonyl (C=O) groups excluding carboxylic acids is 2. The van der Waals surface area contributed by atoms with E-state index in [0.717, 1.165) is 92.5 Å². The van der Waals surface area contributed by atoms with E-state index in [9.17, 15) is 22.8 Å². The Labute approximate surface area is 297 Å². The predicted octanol–water partition coefficient (Wildman–Crippen LogP) is 8.82. The van der Waals surface area contributed by atoms with Crippen LogP contribution in [-0.2, 0) is 39.6 Å². The highest BCUT2D eigenvalue weighted by atomic mass is 35.5. The van der Waals surface area contributed by atoms with Crippen molar-refractivity contribution in [3.05, 3.63) is 125 Å². The van der Waals surface area contributed by atoms with E-state index in [2.05, 4.69) is 27.9 Å². The van der Waals surface area contributed by atoms with Gasteiger partial charge in [-0.25, -0.2) is 0 Å². The van der Waals surface area contributed by atoms with Crippen LogP contribution in [0.4, 0.5) is 13.2 Å². The molecule has 1 aromatic heterocycles. The van der Waals surface area contributed by atoms with E-state index < -0.39 is 17.3 Å². The maximum atomic E-state index is 13.0. The number of nitrogens with zero attached hydrogens (tertiary/aromatic N) is 2. The molecule has 266 valence electrons. The van der Waals surface area contributed by atoms with Crippen LogP contribution in [0.2, 0.25) is 5.02 Å². The molecule has 10 heteroatoms. The molecule has 2 aliphatic rings. The molecule has 2 fully saturated rings. The lowest BCUT2D eigenvalue weighted by Gasteiger charge is -2.36. The number of hydrogen-bond acceptors (Lipinski definition) is 3. The van der Waals surface area contributed by atoms with Crippen LogP contribution in [0.15, 0.2) is 97.3 Å². The second kappa shape index (κ2) is 17.2. The van der Waals surface area contributed by atoms with Gasteiger partial charge < -0.3 is 10.6 Å². The third-order valence-corrected chi connectivity index (χ3v) is 10.4. The number of carbonyl (C=O) groups is 2. The molecule has 2 aliphatic carbocycles. The van der Waals surface area contributed by atoms with Crippen molar-refractivity contribution in [2.45, 2.75) is 94.2 Å². The van der Waals surface area contributed by atoms with Crippen LogP contribution in [0.5, 0.6) is 0 Å². The molecule has 0 radical (unpaired) electrons. The van der Waals surface area contributed by atoms with Gasteiger partial charge in [0, 0.05) is 30.5 Å². The fourth-order valence-electron chi connectivity index (χ4n) is 7.26. The van der Waals surface area contributed by atoms with Gasteiger partial charge >= 0.3 is 6.18 Å². The molecular weight excluding hydrogens is 661 g/mol. The lowest BCUT2D eigenvalue weighted by atomic mass is 9.68. The maximum Gasteiger partial charge on any atom is 0.416 e. The van der Waals surface area contributed by atoms with Crippen LogP contribution < -0.4 is 10.6 Å². The van der Waals surface area contributed by atoms with Gasteiger partial charge in [0.05, 0.1) is 11.0 Å². The molecule has 0 saturated heterocycles. The summed E-state index contributed by atoms with van der Waals surface area (Å²) in [5.74, 6) is 0.121. The maximum absolute atomic E-state index is 13.0. The lowest BCUT2D eigenvalue weighted by Crippen LogP contribution is -2.50. The van der Waals surface area contributed by atoms with Crippen LogP contribution in [0.3, 0.4) is 0 Å². The van der Waals surface area contributed by atoms with Gasteiger partial charge in [-0.2, -0.15) is 18.3 Å². The molecule has 4 aromatic rings. The number of aromatic nitrogens is 2. The first kappa shape index (κ1) is 37.2. The average molecular weight is 707 g/mol. The van der Waals surface area contributed by atoms with E-state index in [1.54, 1.807) is 10.9 Å². The number of hydrogen-bond donors (Lipinski definition) is 2. The fraction of sp³-hybridized carbons (Fsp3) is 0.425. The van der Waals surface area contributed by atoms with Crippen molar-refractivity contribution in [2.75, 3.05) is 13.1 Å². The Hall–Kier alpha value is -4.11. The van der Waals surface area contributed by atoms with Crippen molar-refractivity contribution < 1.29 is 22.8 Å². The van der Waals surface area contributed by atoms with Crippen molar-refractivity contribution in [3.8, 4) is 0 Å². The summed E-state index contributed by atoms with van der Waals surface area (Å²) in [4.78, 5) is 25.9. The molecule has 0 spiro atoms. The summed E-state index contributed by atoms with van der Waals surface area (Å²) in [6.45, 7) is 1.04. The molecule has 0 aliphatic heterocycles. The monoisotopic (exact) mass is 706 g/mol. The van der Waals surface area contributed by atoms with E-state index in [-0.39, 0.29) is 17.2 Å². The largest absolute Gasteiger partial charge is 0.416 e. The SMILES string of the molecule is O=C(NCCc1ccc(C(F)(F)F)cc1)C1(n2cccn2)CCCCC1.O=C(NCCc1ccc(Cl)cc1)C1(c2ccccc2)CCCCC1. The Morgan fingerprint density at radius 2 is 1.24 bits per heavy atom. The number of nitrogens with one attached hydrogen (secondary N) is 2. The Kier molecular flexibility index (Phi) is 12.8. The Balaban J connectivity index is 0.000000195. The normalized spacial score (nSPS) is 16.8. The molecule has 0 unspecified atom stereocenters. The predicted molar refractivity (Wildman–Crippen MR) is 191 cm³/mol.